The van der Waals surface area contributed by atoms with Crippen LogP contribution in [0.3, 0.4) is 0 Å². The number of hydrogen-bond donors (Lipinski definition) is 2. The average molecular weight is 299 g/mol. The molecule has 21 heavy (non-hydrogen) atoms. The standard InChI is InChI=1S/C16H15ClN4/c1-10-2-4-12-8-11(3-6-14(12)20-10)9-19-16-13(18)5-7-15(17)21-16/h2-8H,9,18H2,1H3,(H,19,21). The van der Waals surface area contributed by atoms with Gasteiger partial charge in [0.2, 0.25) is 0 Å². The predicted molar refractivity (Wildman–Crippen MR) is 87.5 cm³/mol. The quantitative estimate of drug-likeness (QED) is 0.722. The zero-order chi connectivity index (χ0) is 14.8. The van der Waals surface area contributed by atoms with Gasteiger partial charge in [-0.05, 0) is 42.8 Å². The summed E-state index contributed by atoms with van der Waals surface area (Å²) in [6.07, 6.45) is 0. The van der Waals surface area contributed by atoms with Crippen LogP contribution in [-0.4, -0.2) is 9.97 Å². The Kier molecular flexibility index (Phi) is 3.62. The first-order valence-electron chi connectivity index (χ1n) is 6.64. The smallest absolute Gasteiger partial charge is 0.151 e. The predicted octanol–water partition coefficient (Wildman–Crippen LogP) is 3.79. The average Bonchev–Trinajstić information content (AvgIpc) is 2.48. The Morgan fingerprint density at radius 1 is 1.10 bits per heavy atom. The van der Waals surface area contributed by atoms with Crippen molar-refractivity contribution in [3.8, 4) is 0 Å². The van der Waals surface area contributed by atoms with Crippen molar-refractivity contribution in [3.63, 3.8) is 0 Å². The van der Waals surface area contributed by atoms with Gasteiger partial charge in [-0.1, -0.05) is 23.7 Å². The molecule has 0 aliphatic carbocycles. The van der Waals surface area contributed by atoms with E-state index in [1.54, 1.807) is 12.1 Å². The third kappa shape index (κ3) is 3.06. The van der Waals surface area contributed by atoms with Gasteiger partial charge in [-0.25, -0.2) is 4.98 Å². The van der Waals surface area contributed by atoms with E-state index in [1.807, 2.05) is 25.1 Å². The van der Waals surface area contributed by atoms with Crippen LogP contribution < -0.4 is 11.1 Å². The fourth-order valence-electron chi connectivity index (χ4n) is 2.16. The normalized spacial score (nSPS) is 10.8. The summed E-state index contributed by atoms with van der Waals surface area (Å²) >= 11 is 5.88. The lowest BCUT2D eigenvalue weighted by Crippen LogP contribution is -2.04. The van der Waals surface area contributed by atoms with Gasteiger partial charge >= 0.3 is 0 Å². The molecule has 0 spiro atoms. The lowest BCUT2D eigenvalue weighted by Gasteiger charge is -2.09. The van der Waals surface area contributed by atoms with E-state index in [0.29, 0.717) is 23.2 Å². The van der Waals surface area contributed by atoms with E-state index >= 15 is 0 Å². The number of rotatable bonds is 3. The summed E-state index contributed by atoms with van der Waals surface area (Å²) in [5, 5.41) is 4.74. The van der Waals surface area contributed by atoms with Crippen molar-refractivity contribution in [2.75, 3.05) is 11.1 Å². The van der Waals surface area contributed by atoms with Crippen LogP contribution in [0.1, 0.15) is 11.3 Å². The summed E-state index contributed by atoms with van der Waals surface area (Å²) < 4.78 is 0. The zero-order valence-electron chi connectivity index (χ0n) is 11.6. The number of fused-ring (bicyclic) bond motifs is 1. The first-order valence-corrected chi connectivity index (χ1v) is 7.02. The number of nitrogens with one attached hydrogen (secondary N) is 1. The van der Waals surface area contributed by atoms with Crippen molar-refractivity contribution in [2.45, 2.75) is 13.5 Å². The van der Waals surface area contributed by atoms with Crippen molar-refractivity contribution in [3.05, 3.63) is 58.9 Å². The van der Waals surface area contributed by atoms with E-state index in [4.69, 9.17) is 17.3 Å². The molecule has 0 amide bonds. The van der Waals surface area contributed by atoms with Gasteiger partial charge in [-0.15, -0.1) is 0 Å². The van der Waals surface area contributed by atoms with E-state index in [2.05, 4.69) is 27.4 Å². The lowest BCUT2D eigenvalue weighted by molar-refractivity contribution is 1.12. The summed E-state index contributed by atoms with van der Waals surface area (Å²) in [6, 6.07) is 13.7. The SMILES string of the molecule is Cc1ccc2cc(CNc3nc(Cl)ccc3N)ccc2n1. The third-order valence-electron chi connectivity index (χ3n) is 3.25. The molecule has 0 radical (unpaired) electrons. The highest BCUT2D eigenvalue weighted by Crippen LogP contribution is 2.20. The molecule has 0 aliphatic rings. The third-order valence-corrected chi connectivity index (χ3v) is 3.46. The molecule has 3 rings (SSSR count). The van der Waals surface area contributed by atoms with Gasteiger partial charge in [-0.3, -0.25) is 4.98 Å². The van der Waals surface area contributed by atoms with E-state index in [0.717, 1.165) is 22.2 Å². The molecule has 0 aliphatic heterocycles. The summed E-state index contributed by atoms with van der Waals surface area (Å²) in [6.45, 7) is 2.61. The van der Waals surface area contributed by atoms with Crippen LogP contribution in [0.25, 0.3) is 10.9 Å². The highest BCUT2D eigenvalue weighted by atomic mass is 35.5. The molecule has 2 heterocycles. The molecule has 1 aromatic carbocycles. The Morgan fingerprint density at radius 2 is 1.95 bits per heavy atom. The Hall–Kier alpha value is -2.33. The molecule has 2 aromatic heterocycles. The molecular weight excluding hydrogens is 284 g/mol. The number of pyridine rings is 2. The van der Waals surface area contributed by atoms with E-state index < -0.39 is 0 Å². The van der Waals surface area contributed by atoms with Crippen molar-refractivity contribution in [1.29, 1.82) is 0 Å². The molecule has 0 bridgehead atoms. The van der Waals surface area contributed by atoms with Gasteiger partial charge in [0, 0.05) is 17.6 Å². The van der Waals surface area contributed by atoms with Gasteiger partial charge in [0.25, 0.3) is 0 Å². The van der Waals surface area contributed by atoms with Crippen LogP contribution >= 0.6 is 11.6 Å². The van der Waals surface area contributed by atoms with Crippen LogP contribution in [0.4, 0.5) is 11.5 Å². The number of anilines is 2. The second-order valence-electron chi connectivity index (χ2n) is 4.91. The number of benzene rings is 1. The molecule has 3 N–H and O–H groups in total. The van der Waals surface area contributed by atoms with Crippen LogP contribution in [-0.2, 0) is 6.54 Å². The van der Waals surface area contributed by atoms with E-state index in [-0.39, 0.29) is 0 Å². The highest BCUT2D eigenvalue weighted by molar-refractivity contribution is 6.29. The zero-order valence-corrected chi connectivity index (χ0v) is 12.4. The lowest BCUT2D eigenvalue weighted by atomic mass is 10.1. The number of nitrogens with zero attached hydrogens (tertiary/aromatic N) is 2. The topological polar surface area (TPSA) is 63.8 Å². The molecule has 0 unspecified atom stereocenters. The number of nitrogen functional groups attached to an aromatic ring is 1. The molecule has 4 nitrogen and oxygen atoms in total. The Labute approximate surface area is 128 Å². The van der Waals surface area contributed by atoms with E-state index in [1.165, 1.54) is 0 Å². The van der Waals surface area contributed by atoms with Crippen molar-refractivity contribution < 1.29 is 0 Å². The van der Waals surface area contributed by atoms with Crippen molar-refractivity contribution in [2.24, 2.45) is 0 Å². The monoisotopic (exact) mass is 298 g/mol. The number of halogens is 1. The van der Waals surface area contributed by atoms with Crippen LogP contribution in [0.5, 0.6) is 0 Å². The first-order chi connectivity index (χ1) is 10.1. The number of aryl methyl sites for hydroxylation is 1. The number of aromatic nitrogens is 2. The second-order valence-corrected chi connectivity index (χ2v) is 5.29. The highest BCUT2D eigenvalue weighted by Gasteiger charge is 2.03. The number of hydrogen-bond acceptors (Lipinski definition) is 4. The molecule has 0 fully saturated rings. The minimum atomic E-state index is 0.421. The van der Waals surface area contributed by atoms with Gasteiger partial charge in [0.15, 0.2) is 5.82 Å². The van der Waals surface area contributed by atoms with Crippen LogP contribution in [0, 0.1) is 6.92 Å². The molecule has 3 aromatic rings. The van der Waals surface area contributed by atoms with Crippen molar-refractivity contribution in [1.82, 2.24) is 9.97 Å². The summed E-state index contributed by atoms with van der Waals surface area (Å²) in [5.41, 5.74) is 9.60. The molecular formula is C16H15ClN4. The fourth-order valence-corrected chi connectivity index (χ4v) is 2.31. The van der Waals surface area contributed by atoms with Gasteiger partial charge < -0.3 is 11.1 Å². The summed E-state index contributed by atoms with van der Waals surface area (Å²) in [4.78, 5) is 8.67. The minimum absolute atomic E-state index is 0.421. The molecule has 0 atom stereocenters. The molecule has 0 saturated heterocycles. The molecule has 5 heteroatoms. The Balaban J connectivity index is 1.82. The van der Waals surface area contributed by atoms with Crippen LogP contribution in [0.15, 0.2) is 42.5 Å². The summed E-state index contributed by atoms with van der Waals surface area (Å²) in [5.74, 6) is 0.602. The van der Waals surface area contributed by atoms with Gasteiger partial charge in [0.05, 0.1) is 11.2 Å². The van der Waals surface area contributed by atoms with Gasteiger partial charge in [-0.2, -0.15) is 0 Å². The maximum absolute atomic E-state index is 5.88. The Bertz CT molecular complexity index is 801. The maximum atomic E-state index is 5.88. The minimum Gasteiger partial charge on any atom is -0.396 e. The largest absolute Gasteiger partial charge is 0.396 e. The molecule has 0 saturated carbocycles. The maximum Gasteiger partial charge on any atom is 0.151 e. The number of nitrogens with two attached hydrogens (primary N) is 1. The summed E-state index contributed by atoms with van der Waals surface area (Å²) in [7, 11) is 0. The van der Waals surface area contributed by atoms with E-state index in [9.17, 15) is 0 Å². The van der Waals surface area contributed by atoms with Crippen LogP contribution in [0.2, 0.25) is 5.15 Å². The van der Waals surface area contributed by atoms with Crippen molar-refractivity contribution >= 4 is 34.0 Å². The first kappa shape index (κ1) is 13.6. The second kappa shape index (κ2) is 5.58. The van der Waals surface area contributed by atoms with Gasteiger partial charge in [0.1, 0.15) is 5.15 Å². The fraction of sp³-hybridized carbons (Fsp3) is 0.125. The Morgan fingerprint density at radius 3 is 2.81 bits per heavy atom. The molecule has 106 valence electrons.